The van der Waals surface area contributed by atoms with Gasteiger partial charge in [0.05, 0.1) is 10.6 Å². The second-order valence-corrected chi connectivity index (χ2v) is 6.30. The average Bonchev–Trinajstić information content (AvgIpc) is 2.70. The predicted molar refractivity (Wildman–Crippen MR) is 70.2 cm³/mol. The molecule has 0 bridgehead atoms. The van der Waals surface area contributed by atoms with E-state index < -0.39 is 10.0 Å². The van der Waals surface area contributed by atoms with Crippen LogP contribution in [-0.2, 0) is 10.0 Å². The first kappa shape index (κ1) is 12.8. The van der Waals surface area contributed by atoms with E-state index in [1.807, 2.05) is 19.9 Å². The second kappa shape index (κ2) is 4.24. The predicted octanol–water partition coefficient (Wildman–Crippen LogP) is 2.35. The minimum atomic E-state index is -3.58. The summed E-state index contributed by atoms with van der Waals surface area (Å²) < 4.78 is 25.9. The van der Waals surface area contributed by atoms with Crippen molar-refractivity contribution in [3.8, 4) is 0 Å². The van der Waals surface area contributed by atoms with Crippen LogP contribution in [0.2, 0.25) is 0 Å². The Morgan fingerprint density at radius 2 is 1.61 bits per heavy atom. The monoisotopic (exact) mass is 264 g/mol. The molecule has 0 aliphatic heterocycles. The SMILES string of the molecule is Cc1ccn(S(=O)(=O)c2cc(C)c(C)cc2C)n1. The molecule has 5 heteroatoms. The molecule has 0 atom stereocenters. The van der Waals surface area contributed by atoms with Gasteiger partial charge in [0.1, 0.15) is 0 Å². The molecule has 0 N–H and O–H groups in total. The van der Waals surface area contributed by atoms with E-state index in [9.17, 15) is 8.42 Å². The van der Waals surface area contributed by atoms with E-state index in [4.69, 9.17) is 0 Å². The molecule has 0 spiro atoms. The summed E-state index contributed by atoms with van der Waals surface area (Å²) >= 11 is 0. The Morgan fingerprint density at radius 3 is 2.17 bits per heavy atom. The molecule has 1 aromatic heterocycles. The molecule has 1 aromatic carbocycles. The van der Waals surface area contributed by atoms with E-state index >= 15 is 0 Å². The van der Waals surface area contributed by atoms with Crippen LogP contribution in [0.3, 0.4) is 0 Å². The number of nitrogens with zero attached hydrogens (tertiary/aromatic N) is 2. The smallest absolute Gasteiger partial charge is 0.199 e. The number of hydrogen-bond acceptors (Lipinski definition) is 3. The molecule has 0 aliphatic rings. The summed E-state index contributed by atoms with van der Waals surface area (Å²) in [6.45, 7) is 7.44. The summed E-state index contributed by atoms with van der Waals surface area (Å²) in [6, 6.07) is 5.27. The standard InChI is InChI=1S/C13H16N2O2S/c1-9-7-11(3)13(8-10(9)2)18(16,17)15-6-5-12(4)14-15/h5-8H,1-4H3. The Hall–Kier alpha value is -1.62. The van der Waals surface area contributed by atoms with Gasteiger partial charge in [0.15, 0.2) is 0 Å². The summed E-state index contributed by atoms with van der Waals surface area (Å²) in [5.74, 6) is 0. The molecule has 96 valence electrons. The van der Waals surface area contributed by atoms with E-state index in [0.29, 0.717) is 10.6 Å². The maximum atomic E-state index is 12.4. The van der Waals surface area contributed by atoms with Gasteiger partial charge in [-0.25, -0.2) is 0 Å². The van der Waals surface area contributed by atoms with Gasteiger partial charge in [0, 0.05) is 6.20 Å². The molecule has 0 saturated heterocycles. The first-order chi connectivity index (χ1) is 8.32. The van der Waals surface area contributed by atoms with E-state index in [1.165, 1.54) is 6.20 Å². The van der Waals surface area contributed by atoms with Crippen molar-refractivity contribution in [2.24, 2.45) is 0 Å². The van der Waals surface area contributed by atoms with Crippen molar-refractivity contribution in [2.75, 3.05) is 0 Å². The third kappa shape index (κ3) is 2.06. The van der Waals surface area contributed by atoms with Crippen LogP contribution in [0.1, 0.15) is 22.4 Å². The lowest BCUT2D eigenvalue weighted by molar-refractivity contribution is 0.579. The fourth-order valence-corrected chi connectivity index (χ4v) is 3.29. The Balaban J connectivity index is 2.65. The molecule has 0 radical (unpaired) electrons. The summed E-state index contributed by atoms with van der Waals surface area (Å²) in [4.78, 5) is 0.314. The van der Waals surface area contributed by atoms with Crippen LogP contribution < -0.4 is 0 Å². The second-order valence-electron chi connectivity index (χ2n) is 4.54. The molecule has 0 fully saturated rings. The average molecular weight is 264 g/mol. The topological polar surface area (TPSA) is 52.0 Å². The third-order valence-electron chi connectivity index (χ3n) is 3.02. The maximum Gasteiger partial charge on any atom is 0.283 e. The highest BCUT2D eigenvalue weighted by molar-refractivity contribution is 7.89. The van der Waals surface area contributed by atoms with Crippen LogP contribution >= 0.6 is 0 Å². The van der Waals surface area contributed by atoms with Crippen molar-refractivity contribution in [1.29, 1.82) is 0 Å². The Kier molecular flexibility index (Phi) is 3.02. The van der Waals surface area contributed by atoms with Gasteiger partial charge in [-0.15, -0.1) is 0 Å². The largest absolute Gasteiger partial charge is 0.283 e. The highest BCUT2D eigenvalue weighted by Crippen LogP contribution is 2.21. The van der Waals surface area contributed by atoms with Crippen LogP contribution in [0.4, 0.5) is 0 Å². The fraction of sp³-hybridized carbons (Fsp3) is 0.308. The van der Waals surface area contributed by atoms with Crippen LogP contribution in [0.5, 0.6) is 0 Å². The van der Waals surface area contributed by atoms with Crippen LogP contribution in [0.25, 0.3) is 0 Å². The molecule has 0 unspecified atom stereocenters. The Labute approximate surface area is 107 Å². The van der Waals surface area contributed by atoms with Crippen molar-refractivity contribution in [3.05, 3.63) is 46.8 Å². The van der Waals surface area contributed by atoms with Crippen LogP contribution in [0.15, 0.2) is 29.3 Å². The molecule has 1 heterocycles. The first-order valence-electron chi connectivity index (χ1n) is 5.68. The molecule has 0 aliphatic carbocycles. The van der Waals surface area contributed by atoms with E-state index in [2.05, 4.69) is 5.10 Å². The third-order valence-corrected chi connectivity index (χ3v) is 4.71. The van der Waals surface area contributed by atoms with Gasteiger partial charge in [0.25, 0.3) is 10.0 Å². The molecular formula is C13H16N2O2S. The van der Waals surface area contributed by atoms with E-state index in [0.717, 1.165) is 20.8 Å². The minimum Gasteiger partial charge on any atom is -0.199 e. The number of aromatic nitrogens is 2. The Morgan fingerprint density at radius 1 is 1.00 bits per heavy atom. The molecular weight excluding hydrogens is 248 g/mol. The molecule has 0 amide bonds. The van der Waals surface area contributed by atoms with Gasteiger partial charge in [-0.3, -0.25) is 0 Å². The zero-order valence-corrected chi connectivity index (χ0v) is 11.7. The quantitative estimate of drug-likeness (QED) is 0.836. The fourth-order valence-electron chi connectivity index (χ4n) is 1.84. The van der Waals surface area contributed by atoms with Gasteiger partial charge in [-0.05, 0) is 56.5 Å². The molecule has 18 heavy (non-hydrogen) atoms. The summed E-state index contributed by atoms with van der Waals surface area (Å²) in [7, 11) is -3.58. The van der Waals surface area contributed by atoms with Crippen molar-refractivity contribution in [3.63, 3.8) is 0 Å². The summed E-state index contributed by atoms with van der Waals surface area (Å²) in [6.07, 6.45) is 1.47. The van der Waals surface area contributed by atoms with Gasteiger partial charge in [0.2, 0.25) is 0 Å². The van der Waals surface area contributed by atoms with Crippen molar-refractivity contribution in [2.45, 2.75) is 32.6 Å². The van der Waals surface area contributed by atoms with Gasteiger partial charge < -0.3 is 0 Å². The molecule has 4 nitrogen and oxygen atoms in total. The number of aryl methyl sites for hydroxylation is 4. The normalized spacial score (nSPS) is 11.8. The van der Waals surface area contributed by atoms with Crippen molar-refractivity contribution < 1.29 is 8.42 Å². The van der Waals surface area contributed by atoms with Gasteiger partial charge in [-0.2, -0.15) is 17.6 Å². The Bertz CT molecular complexity index is 700. The lowest BCUT2D eigenvalue weighted by Crippen LogP contribution is -2.15. The molecule has 2 rings (SSSR count). The highest BCUT2D eigenvalue weighted by Gasteiger charge is 2.20. The summed E-state index contributed by atoms with van der Waals surface area (Å²) in [5.41, 5.74) is 3.47. The minimum absolute atomic E-state index is 0.314. The molecule has 2 aromatic rings. The first-order valence-corrected chi connectivity index (χ1v) is 7.12. The highest BCUT2D eigenvalue weighted by atomic mass is 32.2. The van der Waals surface area contributed by atoms with Gasteiger partial charge in [-0.1, -0.05) is 6.07 Å². The summed E-state index contributed by atoms with van der Waals surface area (Å²) in [5, 5.41) is 3.98. The number of benzene rings is 1. The van der Waals surface area contributed by atoms with Crippen molar-refractivity contribution >= 4 is 10.0 Å². The van der Waals surface area contributed by atoms with Gasteiger partial charge >= 0.3 is 0 Å². The number of rotatable bonds is 2. The van der Waals surface area contributed by atoms with Crippen LogP contribution in [-0.4, -0.2) is 17.6 Å². The van der Waals surface area contributed by atoms with E-state index in [-0.39, 0.29) is 0 Å². The zero-order valence-electron chi connectivity index (χ0n) is 10.9. The van der Waals surface area contributed by atoms with Crippen molar-refractivity contribution in [1.82, 2.24) is 9.19 Å². The number of hydrogen-bond donors (Lipinski definition) is 0. The lowest BCUT2D eigenvalue weighted by atomic mass is 10.1. The van der Waals surface area contributed by atoms with Crippen LogP contribution in [0, 0.1) is 27.7 Å². The zero-order chi connectivity index (χ0) is 13.5. The molecule has 0 saturated carbocycles. The lowest BCUT2D eigenvalue weighted by Gasteiger charge is -2.10. The maximum absolute atomic E-state index is 12.4. The van der Waals surface area contributed by atoms with E-state index in [1.54, 1.807) is 26.0 Å².